The zero-order valence-corrected chi connectivity index (χ0v) is 28.9. The van der Waals surface area contributed by atoms with Crippen molar-refractivity contribution in [3.05, 3.63) is 163 Å². The average molecular weight is 738 g/mol. The summed E-state index contributed by atoms with van der Waals surface area (Å²) in [7, 11) is 0. The first-order valence-corrected chi connectivity index (χ1v) is 17.5. The smallest absolute Gasteiger partial charge is 0.164 e. The molecule has 11 heteroatoms. The molecule has 0 aliphatic heterocycles. The predicted octanol–water partition coefficient (Wildman–Crippen LogP) is 11.0. The molecule has 266 valence electrons. The minimum atomic E-state index is -0.877. The lowest BCUT2D eigenvalue weighted by Gasteiger charge is -2.12. The van der Waals surface area contributed by atoms with Crippen LogP contribution in [0.2, 0.25) is 0 Å². The molecule has 0 saturated heterocycles. The number of fused-ring (bicyclic) bond motifs is 6. The molecule has 5 heterocycles. The Morgan fingerprint density at radius 3 is 1.16 bits per heavy atom. The summed E-state index contributed by atoms with van der Waals surface area (Å²) >= 11 is 0. The summed E-state index contributed by atoms with van der Waals surface area (Å²) in [6.07, 6.45) is 6.14. The zero-order chi connectivity index (χ0) is 37.9. The highest BCUT2D eigenvalue weighted by atomic mass is 19.1. The zero-order valence-electron chi connectivity index (χ0n) is 28.9. The Morgan fingerprint density at radius 1 is 0.321 bits per heavy atom. The first kappa shape index (κ1) is 33.1. The van der Waals surface area contributed by atoms with Crippen molar-refractivity contribution in [1.82, 2.24) is 34.9 Å². The van der Waals surface area contributed by atoms with Gasteiger partial charge in [-0.3, -0.25) is 19.9 Å². The van der Waals surface area contributed by atoms with Crippen LogP contribution in [0.1, 0.15) is 0 Å². The van der Waals surface area contributed by atoms with Crippen LogP contribution in [0.5, 0.6) is 0 Å². The monoisotopic (exact) mass is 737 g/mol. The summed E-state index contributed by atoms with van der Waals surface area (Å²) in [5.41, 5.74) is 3.02. The summed E-state index contributed by atoms with van der Waals surface area (Å²) in [5.74, 6) is -3.57. The van der Waals surface area contributed by atoms with E-state index >= 15 is 17.6 Å². The molecule has 0 bridgehead atoms. The molecule has 0 radical (unpaired) electrons. The maximum Gasteiger partial charge on any atom is 0.164 e. The third kappa shape index (κ3) is 5.64. The SMILES string of the molecule is Fc1cc(-c2nc(-c3ccccc3)nc(-c3cc(F)c(-c4cnc5c(ccc6cccnc65)c4)c(F)c3)n2)cc(F)c1-c1cnc2c(ccc3cccnc32)c1. The van der Waals surface area contributed by atoms with Gasteiger partial charge in [0.25, 0.3) is 0 Å². The van der Waals surface area contributed by atoms with E-state index < -0.39 is 23.3 Å². The van der Waals surface area contributed by atoms with Crippen LogP contribution in [-0.4, -0.2) is 34.9 Å². The van der Waals surface area contributed by atoms with E-state index in [0.29, 0.717) is 38.4 Å². The van der Waals surface area contributed by atoms with Crippen LogP contribution >= 0.6 is 0 Å². The Labute approximate surface area is 315 Å². The minimum Gasteiger partial charge on any atom is -0.254 e. The van der Waals surface area contributed by atoms with Crippen LogP contribution in [0.3, 0.4) is 0 Å². The molecule has 10 aromatic rings. The van der Waals surface area contributed by atoms with E-state index in [0.717, 1.165) is 35.0 Å². The van der Waals surface area contributed by atoms with Gasteiger partial charge < -0.3 is 0 Å². The lowest BCUT2D eigenvalue weighted by atomic mass is 10.0. The van der Waals surface area contributed by atoms with Crippen molar-refractivity contribution in [2.45, 2.75) is 0 Å². The van der Waals surface area contributed by atoms with Gasteiger partial charge in [0, 0.05) is 74.1 Å². The Morgan fingerprint density at radius 2 is 0.714 bits per heavy atom. The van der Waals surface area contributed by atoms with E-state index in [2.05, 4.69) is 34.9 Å². The van der Waals surface area contributed by atoms with Crippen molar-refractivity contribution in [3.63, 3.8) is 0 Å². The lowest BCUT2D eigenvalue weighted by molar-refractivity contribution is 0.589. The standard InChI is InChI=1S/C45H23F4N7/c46-33-18-29(19-34(47)37(33)31-16-27-12-10-24-8-4-14-50-39(24)41(27)52-22-31)44-54-43(26-6-2-1-3-7-26)55-45(56-44)30-20-35(48)38(36(49)21-30)32-17-28-13-11-25-9-5-15-51-40(25)42(28)53-23-32/h1-23H. The van der Waals surface area contributed by atoms with Crippen molar-refractivity contribution >= 4 is 43.6 Å². The van der Waals surface area contributed by atoms with Crippen LogP contribution < -0.4 is 0 Å². The van der Waals surface area contributed by atoms with Gasteiger partial charge in [-0.05, 0) is 48.5 Å². The molecule has 0 atom stereocenters. The van der Waals surface area contributed by atoms with E-state index in [4.69, 9.17) is 0 Å². The van der Waals surface area contributed by atoms with Crippen LogP contribution in [-0.2, 0) is 0 Å². The Hall–Kier alpha value is -7.53. The van der Waals surface area contributed by atoms with E-state index in [1.807, 2.05) is 48.5 Å². The topological polar surface area (TPSA) is 90.2 Å². The molecule has 5 aromatic carbocycles. The fourth-order valence-electron chi connectivity index (χ4n) is 7.05. The molecule has 5 aromatic heterocycles. The van der Waals surface area contributed by atoms with Crippen molar-refractivity contribution in [3.8, 4) is 56.4 Å². The quantitative estimate of drug-likeness (QED) is 0.128. The predicted molar refractivity (Wildman–Crippen MR) is 208 cm³/mol. The third-order valence-corrected chi connectivity index (χ3v) is 9.69. The molecule has 0 aliphatic rings. The third-order valence-electron chi connectivity index (χ3n) is 9.69. The number of rotatable bonds is 5. The summed E-state index contributed by atoms with van der Waals surface area (Å²) in [6, 6.07) is 31.5. The second kappa shape index (κ2) is 13.1. The van der Waals surface area contributed by atoms with Gasteiger partial charge in [-0.1, -0.05) is 66.7 Å². The molecule has 0 saturated carbocycles. The number of hydrogen-bond donors (Lipinski definition) is 0. The molecule has 0 amide bonds. The van der Waals surface area contributed by atoms with Crippen molar-refractivity contribution < 1.29 is 17.6 Å². The minimum absolute atomic E-state index is 0.00432. The molecule has 0 N–H and O–H groups in total. The molecule has 0 aliphatic carbocycles. The van der Waals surface area contributed by atoms with Crippen molar-refractivity contribution in [2.24, 2.45) is 0 Å². The van der Waals surface area contributed by atoms with Gasteiger partial charge in [0.15, 0.2) is 17.5 Å². The second-order valence-corrected chi connectivity index (χ2v) is 13.2. The highest BCUT2D eigenvalue weighted by Gasteiger charge is 2.21. The highest BCUT2D eigenvalue weighted by Crippen LogP contribution is 2.36. The maximum absolute atomic E-state index is 16.0. The molecule has 7 nitrogen and oxygen atoms in total. The lowest BCUT2D eigenvalue weighted by Crippen LogP contribution is -2.03. The molecule has 0 spiro atoms. The van der Waals surface area contributed by atoms with Gasteiger partial charge in [-0.2, -0.15) is 0 Å². The van der Waals surface area contributed by atoms with Crippen LogP contribution in [0.25, 0.3) is 100 Å². The van der Waals surface area contributed by atoms with E-state index in [1.165, 1.54) is 12.4 Å². The number of pyridine rings is 4. The normalized spacial score (nSPS) is 11.6. The molecule has 10 rings (SSSR count). The fraction of sp³-hybridized carbons (Fsp3) is 0. The Bertz CT molecular complexity index is 2970. The van der Waals surface area contributed by atoms with Gasteiger partial charge in [-0.25, -0.2) is 32.5 Å². The van der Waals surface area contributed by atoms with Gasteiger partial charge in [0.05, 0.1) is 33.2 Å². The molecular formula is C45H23F4N7. The number of nitrogens with zero attached hydrogens (tertiary/aromatic N) is 7. The first-order valence-electron chi connectivity index (χ1n) is 17.5. The Balaban J connectivity index is 1.06. The van der Waals surface area contributed by atoms with Gasteiger partial charge >= 0.3 is 0 Å². The number of halogens is 4. The van der Waals surface area contributed by atoms with E-state index in [9.17, 15) is 0 Å². The number of benzene rings is 5. The molecule has 0 unspecified atom stereocenters. The van der Waals surface area contributed by atoms with Crippen LogP contribution in [0.15, 0.2) is 140 Å². The van der Waals surface area contributed by atoms with Crippen molar-refractivity contribution in [1.29, 1.82) is 0 Å². The largest absolute Gasteiger partial charge is 0.254 e. The van der Waals surface area contributed by atoms with Crippen LogP contribution in [0.4, 0.5) is 17.6 Å². The Kier molecular flexibility index (Phi) is 7.73. The van der Waals surface area contributed by atoms with Gasteiger partial charge in [0.2, 0.25) is 0 Å². The maximum atomic E-state index is 16.0. The van der Waals surface area contributed by atoms with E-state index in [-0.39, 0.29) is 50.9 Å². The van der Waals surface area contributed by atoms with Gasteiger partial charge in [0.1, 0.15) is 23.3 Å². The van der Waals surface area contributed by atoms with Crippen molar-refractivity contribution in [2.75, 3.05) is 0 Å². The van der Waals surface area contributed by atoms with Crippen LogP contribution in [0, 0.1) is 23.3 Å². The fourth-order valence-corrected chi connectivity index (χ4v) is 7.05. The number of hydrogen-bond acceptors (Lipinski definition) is 7. The summed E-state index contributed by atoms with van der Waals surface area (Å²) < 4.78 is 64.0. The summed E-state index contributed by atoms with van der Waals surface area (Å²) in [6.45, 7) is 0. The highest BCUT2D eigenvalue weighted by molar-refractivity contribution is 6.04. The molecule has 56 heavy (non-hydrogen) atoms. The average Bonchev–Trinajstić information content (AvgIpc) is 3.23. The number of aromatic nitrogens is 7. The first-order chi connectivity index (χ1) is 27.4. The molecular weight excluding hydrogens is 715 g/mol. The summed E-state index contributed by atoms with van der Waals surface area (Å²) in [4.78, 5) is 31.4. The second-order valence-electron chi connectivity index (χ2n) is 13.2. The van der Waals surface area contributed by atoms with Gasteiger partial charge in [-0.15, -0.1) is 0 Å². The molecule has 0 fully saturated rings. The van der Waals surface area contributed by atoms with E-state index in [1.54, 1.807) is 54.9 Å². The summed E-state index contributed by atoms with van der Waals surface area (Å²) in [5, 5.41) is 3.12.